The molecule has 9 rings (SSSR count). The molecule has 44 heavy (non-hydrogen) atoms. The minimum atomic E-state index is 0.579. The van der Waals surface area contributed by atoms with Gasteiger partial charge in [-0.25, -0.2) is 15.0 Å². The maximum absolute atomic E-state index is 6.80. The third-order valence-corrected chi connectivity index (χ3v) is 9.30. The molecule has 0 aliphatic heterocycles. The second kappa shape index (κ2) is 9.97. The molecule has 4 nitrogen and oxygen atoms in total. The van der Waals surface area contributed by atoms with Crippen LogP contribution in [0.3, 0.4) is 0 Å². The Kier molecular flexibility index (Phi) is 5.64. The summed E-state index contributed by atoms with van der Waals surface area (Å²) in [6.07, 6.45) is 0. The van der Waals surface area contributed by atoms with Crippen LogP contribution in [0.4, 0.5) is 0 Å². The molecule has 0 spiro atoms. The van der Waals surface area contributed by atoms with E-state index in [9.17, 15) is 0 Å². The normalized spacial score (nSPS) is 11.6. The molecule has 0 amide bonds. The molecule has 0 N–H and O–H groups in total. The standard InChI is InChI=1S/C39H23N3OS/c1-3-11-24(12-4-1)37-40-38(25-13-5-2-6-14-25)42-39(41-37)31-19-10-18-30-29-17-9-16-27(35(29)43-36(30)31)26-21-22-34-32(23-26)28-15-7-8-20-33(28)44-34/h1-23H. The molecular weight excluding hydrogens is 559 g/mol. The van der Waals surface area contributed by atoms with E-state index in [1.165, 1.54) is 20.2 Å². The van der Waals surface area contributed by atoms with E-state index >= 15 is 0 Å². The van der Waals surface area contributed by atoms with E-state index in [0.717, 1.165) is 49.8 Å². The van der Waals surface area contributed by atoms with Crippen LogP contribution < -0.4 is 0 Å². The summed E-state index contributed by atoms with van der Waals surface area (Å²) in [6.45, 7) is 0. The largest absolute Gasteiger partial charge is 0.455 e. The number of benzene rings is 6. The molecule has 6 aromatic carbocycles. The molecule has 0 bridgehead atoms. The maximum atomic E-state index is 6.80. The number of thiophene rings is 1. The lowest BCUT2D eigenvalue weighted by molar-refractivity contribution is 0.670. The third kappa shape index (κ3) is 4.02. The highest BCUT2D eigenvalue weighted by Crippen LogP contribution is 2.42. The fourth-order valence-corrected chi connectivity index (χ4v) is 7.13. The minimum Gasteiger partial charge on any atom is -0.455 e. The molecule has 0 radical (unpaired) electrons. The number of hydrogen-bond acceptors (Lipinski definition) is 5. The van der Waals surface area contributed by atoms with Crippen LogP contribution in [0.1, 0.15) is 0 Å². The summed E-state index contributed by atoms with van der Waals surface area (Å²) in [5, 5.41) is 4.65. The average Bonchev–Trinajstić information content (AvgIpc) is 3.67. The lowest BCUT2D eigenvalue weighted by Gasteiger charge is -2.08. The van der Waals surface area contributed by atoms with Crippen LogP contribution in [0.2, 0.25) is 0 Å². The van der Waals surface area contributed by atoms with Gasteiger partial charge in [-0.3, -0.25) is 0 Å². The lowest BCUT2D eigenvalue weighted by atomic mass is 10.00. The van der Waals surface area contributed by atoms with Crippen molar-refractivity contribution in [2.75, 3.05) is 0 Å². The van der Waals surface area contributed by atoms with Crippen molar-refractivity contribution in [1.29, 1.82) is 0 Å². The van der Waals surface area contributed by atoms with Crippen molar-refractivity contribution in [3.05, 3.63) is 140 Å². The highest BCUT2D eigenvalue weighted by molar-refractivity contribution is 7.25. The predicted molar refractivity (Wildman–Crippen MR) is 182 cm³/mol. The third-order valence-electron chi connectivity index (χ3n) is 8.15. The van der Waals surface area contributed by atoms with Crippen LogP contribution in [0.15, 0.2) is 144 Å². The summed E-state index contributed by atoms with van der Waals surface area (Å²) in [6, 6.07) is 48.0. The Balaban J connectivity index is 1.26. The number of aromatic nitrogens is 3. The Morgan fingerprint density at radius 1 is 0.386 bits per heavy atom. The summed E-state index contributed by atoms with van der Waals surface area (Å²) < 4.78 is 9.38. The minimum absolute atomic E-state index is 0.579. The first-order valence-electron chi connectivity index (χ1n) is 14.5. The molecule has 0 saturated heterocycles. The number of para-hydroxylation sites is 2. The maximum Gasteiger partial charge on any atom is 0.167 e. The van der Waals surface area contributed by atoms with E-state index in [1.54, 1.807) is 0 Å². The van der Waals surface area contributed by atoms with E-state index in [0.29, 0.717) is 17.5 Å². The Hall–Kier alpha value is -5.65. The van der Waals surface area contributed by atoms with Gasteiger partial charge in [0, 0.05) is 47.6 Å². The van der Waals surface area contributed by atoms with Gasteiger partial charge in [0.15, 0.2) is 17.5 Å². The Morgan fingerprint density at radius 2 is 0.932 bits per heavy atom. The molecule has 0 unspecified atom stereocenters. The summed E-state index contributed by atoms with van der Waals surface area (Å²) in [7, 11) is 0. The van der Waals surface area contributed by atoms with Crippen molar-refractivity contribution in [3.63, 3.8) is 0 Å². The van der Waals surface area contributed by atoms with Gasteiger partial charge in [0.2, 0.25) is 0 Å². The molecule has 9 aromatic rings. The number of nitrogens with zero attached hydrogens (tertiary/aromatic N) is 3. The van der Waals surface area contributed by atoms with Crippen LogP contribution in [-0.2, 0) is 0 Å². The van der Waals surface area contributed by atoms with Crippen molar-refractivity contribution in [3.8, 4) is 45.3 Å². The van der Waals surface area contributed by atoms with Crippen molar-refractivity contribution >= 4 is 53.4 Å². The van der Waals surface area contributed by atoms with E-state index in [4.69, 9.17) is 19.4 Å². The zero-order valence-corrected chi connectivity index (χ0v) is 24.3. The molecule has 0 aliphatic carbocycles. The zero-order valence-electron chi connectivity index (χ0n) is 23.4. The first-order valence-corrected chi connectivity index (χ1v) is 15.3. The van der Waals surface area contributed by atoms with Crippen molar-refractivity contribution < 1.29 is 4.42 Å². The van der Waals surface area contributed by atoms with Crippen LogP contribution in [0, 0.1) is 0 Å². The first kappa shape index (κ1) is 24.9. The lowest BCUT2D eigenvalue weighted by Crippen LogP contribution is -2.00. The van der Waals surface area contributed by atoms with E-state index in [-0.39, 0.29) is 0 Å². The SMILES string of the molecule is c1ccc(-c2nc(-c3ccccc3)nc(-c3cccc4c3oc3c(-c5ccc6sc7ccccc7c6c5)cccc34)n2)cc1. The van der Waals surface area contributed by atoms with E-state index in [2.05, 4.69) is 72.8 Å². The second-order valence-electron chi connectivity index (χ2n) is 10.8. The Morgan fingerprint density at radius 3 is 1.64 bits per heavy atom. The summed E-state index contributed by atoms with van der Waals surface area (Å²) in [4.78, 5) is 14.8. The van der Waals surface area contributed by atoms with Gasteiger partial charge in [0.25, 0.3) is 0 Å². The van der Waals surface area contributed by atoms with Gasteiger partial charge in [-0.05, 0) is 29.8 Å². The van der Waals surface area contributed by atoms with Gasteiger partial charge >= 0.3 is 0 Å². The van der Waals surface area contributed by atoms with Crippen molar-refractivity contribution in [1.82, 2.24) is 15.0 Å². The Bertz CT molecular complexity index is 2440. The van der Waals surface area contributed by atoms with Crippen LogP contribution >= 0.6 is 11.3 Å². The van der Waals surface area contributed by atoms with Gasteiger partial charge in [-0.15, -0.1) is 11.3 Å². The molecule has 206 valence electrons. The summed E-state index contributed by atoms with van der Waals surface area (Å²) in [5.74, 6) is 1.83. The molecule has 3 heterocycles. The molecular formula is C39H23N3OS. The number of rotatable bonds is 4. The van der Waals surface area contributed by atoms with Crippen LogP contribution in [0.25, 0.3) is 87.4 Å². The first-order chi connectivity index (χ1) is 21.8. The highest BCUT2D eigenvalue weighted by atomic mass is 32.1. The van der Waals surface area contributed by atoms with E-state index in [1.807, 2.05) is 78.1 Å². The van der Waals surface area contributed by atoms with Crippen molar-refractivity contribution in [2.24, 2.45) is 0 Å². The van der Waals surface area contributed by atoms with Gasteiger partial charge in [-0.2, -0.15) is 0 Å². The number of hydrogen-bond donors (Lipinski definition) is 0. The topological polar surface area (TPSA) is 51.8 Å². The second-order valence-corrected chi connectivity index (χ2v) is 11.9. The molecule has 0 saturated carbocycles. The Labute approximate surface area is 256 Å². The zero-order chi connectivity index (χ0) is 29.0. The molecule has 5 heteroatoms. The van der Waals surface area contributed by atoms with E-state index < -0.39 is 0 Å². The fourth-order valence-electron chi connectivity index (χ4n) is 6.05. The monoisotopic (exact) mass is 581 g/mol. The van der Waals surface area contributed by atoms with Crippen molar-refractivity contribution in [2.45, 2.75) is 0 Å². The van der Waals surface area contributed by atoms with Gasteiger partial charge in [-0.1, -0.05) is 115 Å². The molecule has 0 fully saturated rings. The predicted octanol–water partition coefficient (Wildman–Crippen LogP) is 10.8. The summed E-state index contributed by atoms with van der Waals surface area (Å²) in [5.41, 5.74) is 6.52. The molecule has 3 aromatic heterocycles. The van der Waals surface area contributed by atoms with Gasteiger partial charge in [0.05, 0.1) is 5.56 Å². The van der Waals surface area contributed by atoms with Crippen LogP contribution in [0.5, 0.6) is 0 Å². The number of fused-ring (bicyclic) bond motifs is 6. The van der Waals surface area contributed by atoms with Gasteiger partial charge in [0.1, 0.15) is 11.2 Å². The highest BCUT2D eigenvalue weighted by Gasteiger charge is 2.19. The molecule has 0 atom stereocenters. The molecule has 0 aliphatic rings. The fraction of sp³-hybridized carbons (Fsp3) is 0. The number of furan rings is 1. The summed E-state index contributed by atoms with van der Waals surface area (Å²) >= 11 is 1.83. The average molecular weight is 582 g/mol. The van der Waals surface area contributed by atoms with Crippen LogP contribution in [-0.4, -0.2) is 15.0 Å². The quantitative estimate of drug-likeness (QED) is 0.207. The smallest absolute Gasteiger partial charge is 0.167 e. The van der Waals surface area contributed by atoms with Gasteiger partial charge < -0.3 is 4.42 Å².